The van der Waals surface area contributed by atoms with Gasteiger partial charge in [-0.2, -0.15) is 0 Å². The van der Waals surface area contributed by atoms with Crippen LogP contribution < -0.4 is 11.1 Å². The van der Waals surface area contributed by atoms with Gasteiger partial charge >= 0.3 is 0 Å². The lowest BCUT2D eigenvalue weighted by Gasteiger charge is -2.58. The predicted molar refractivity (Wildman–Crippen MR) is 100 cm³/mol. The molecule has 1 aromatic heterocycles. The molecule has 0 spiro atoms. The van der Waals surface area contributed by atoms with E-state index in [1.165, 1.54) is 12.1 Å². The van der Waals surface area contributed by atoms with E-state index in [9.17, 15) is 18.4 Å². The van der Waals surface area contributed by atoms with Crippen LogP contribution in [0.4, 0.5) is 8.78 Å². The molecule has 5 nitrogen and oxygen atoms in total. The molecule has 2 atom stereocenters. The first-order valence-corrected chi connectivity index (χ1v) is 10.0. The van der Waals surface area contributed by atoms with Crippen molar-refractivity contribution in [2.75, 3.05) is 0 Å². The van der Waals surface area contributed by atoms with Crippen LogP contribution in [-0.2, 0) is 4.79 Å². The van der Waals surface area contributed by atoms with Crippen LogP contribution in [0.5, 0.6) is 0 Å². The molecule has 4 saturated carbocycles. The number of rotatable bonds is 4. The molecule has 4 bridgehead atoms. The number of furan rings is 1. The van der Waals surface area contributed by atoms with E-state index in [-0.39, 0.29) is 35.5 Å². The lowest BCUT2D eigenvalue weighted by Crippen LogP contribution is -2.62. The van der Waals surface area contributed by atoms with E-state index in [0.29, 0.717) is 17.2 Å². The van der Waals surface area contributed by atoms with Crippen molar-refractivity contribution in [3.8, 4) is 11.3 Å². The van der Waals surface area contributed by atoms with Crippen LogP contribution >= 0.6 is 0 Å². The Morgan fingerprint density at radius 1 is 1.03 bits per heavy atom. The Morgan fingerprint density at radius 3 is 2.41 bits per heavy atom. The molecular weight excluding hydrogens is 378 g/mol. The molecule has 4 fully saturated rings. The molecule has 2 amide bonds. The number of halogens is 2. The van der Waals surface area contributed by atoms with Crippen LogP contribution in [0.2, 0.25) is 0 Å². The first kappa shape index (κ1) is 18.3. The van der Waals surface area contributed by atoms with E-state index in [1.807, 2.05) is 0 Å². The number of benzene rings is 1. The molecule has 1 heterocycles. The second-order valence-corrected chi connectivity index (χ2v) is 8.91. The highest BCUT2D eigenvalue weighted by atomic mass is 19.2. The van der Waals surface area contributed by atoms with Crippen molar-refractivity contribution in [2.24, 2.45) is 28.9 Å². The van der Waals surface area contributed by atoms with Gasteiger partial charge in [0.05, 0.1) is 0 Å². The molecule has 3 N–H and O–H groups in total. The van der Waals surface area contributed by atoms with E-state index in [0.717, 1.165) is 44.2 Å². The minimum Gasteiger partial charge on any atom is -0.451 e. The molecule has 2 unspecified atom stereocenters. The average molecular weight is 400 g/mol. The Balaban J connectivity index is 1.32. The summed E-state index contributed by atoms with van der Waals surface area (Å²) in [6.07, 6.45) is 4.37. The Bertz CT molecular complexity index is 986. The molecule has 6 rings (SSSR count). The van der Waals surface area contributed by atoms with Gasteiger partial charge in [-0.25, -0.2) is 8.78 Å². The molecule has 4 aliphatic rings. The zero-order chi connectivity index (χ0) is 20.3. The van der Waals surface area contributed by atoms with Crippen molar-refractivity contribution in [3.05, 3.63) is 47.7 Å². The standard InChI is InChI=1S/C22H22F2N2O3/c23-15-2-1-12(7-16(15)24)17-3-4-18(29-17)20(27)26-19-13-5-11-6-14(19)10-22(8-11,9-13)21(25)28/h1-4,7,11,13-14,19H,5-6,8-10H2,(H2,25,28)(H,26,27)/t11?,13?,14?,19-,22-. The Morgan fingerprint density at radius 2 is 1.76 bits per heavy atom. The largest absolute Gasteiger partial charge is 0.451 e. The molecule has 0 radical (unpaired) electrons. The van der Waals surface area contributed by atoms with Crippen molar-refractivity contribution in [2.45, 2.75) is 38.1 Å². The van der Waals surface area contributed by atoms with Crippen molar-refractivity contribution in [1.82, 2.24) is 5.32 Å². The van der Waals surface area contributed by atoms with Crippen LogP contribution in [0.1, 0.15) is 42.7 Å². The molecule has 7 heteroatoms. The number of hydrogen-bond acceptors (Lipinski definition) is 3. The number of nitrogens with one attached hydrogen (secondary N) is 1. The molecule has 0 aliphatic heterocycles. The highest BCUT2D eigenvalue weighted by Gasteiger charge is 2.58. The summed E-state index contributed by atoms with van der Waals surface area (Å²) in [7, 11) is 0. The third kappa shape index (κ3) is 2.94. The minimum absolute atomic E-state index is 0.00309. The van der Waals surface area contributed by atoms with Crippen LogP contribution in [0.3, 0.4) is 0 Å². The van der Waals surface area contributed by atoms with Gasteiger partial charge in [0.1, 0.15) is 5.76 Å². The maximum absolute atomic E-state index is 13.5. The molecule has 29 heavy (non-hydrogen) atoms. The normalized spacial score (nSPS) is 32.3. The highest BCUT2D eigenvalue weighted by molar-refractivity contribution is 5.92. The van der Waals surface area contributed by atoms with Crippen LogP contribution in [0, 0.1) is 34.8 Å². The smallest absolute Gasteiger partial charge is 0.287 e. The number of primary amides is 1. The zero-order valence-electron chi connectivity index (χ0n) is 15.8. The van der Waals surface area contributed by atoms with Crippen molar-refractivity contribution in [3.63, 3.8) is 0 Å². The first-order chi connectivity index (χ1) is 13.8. The van der Waals surface area contributed by atoms with E-state index in [4.69, 9.17) is 10.2 Å². The topological polar surface area (TPSA) is 85.3 Å². The van der Waals surface area contributed by atoms with Crippen molar-refractivity contribution >= 4 is 11.8 Å². The van der Waals surface area contributed by atoms with E-state index < -0.39 is 17.0 Å². The van der Waals surface area contributed by atoms with Gasteiger partial charge in [0.15, 0.2) is 17.4 Å². The fraction of sp³-hybridized carbons (Fsp3) is 0.455. The molecule has 2 aromatic rings. The minimum atomic E-state index is -0.970. The maximum atomic E-state index is 13.5. The Labute approximate surface area is 166 Å². The number of nitrogens with two attached hydrogens (primary N) is 1. The average Bonchev–Trinajstić information content (AvgIpc) is 3.16. The second-order valence-electron chi connectivity index (χ2n) is 8.91. The van der Waals surface area contributed by atoms with Gasteiger partial charge in [0.2, 0.25) is 5.91 Å². The summed E-state index contributed by atoms with van der Waals surface area (Å²) in [4.78, 5) is 24.8. The quantitative estimate of drug-likeness (QED) is 0.822. The first-order valence-electron chi connectivity index (χ1n) is 10.0. The summed E-state index contributed by atoms with van der Waals surface area (Å²) in [5.74, 6) is -1.01. The lowest BCUT2D eigenvalue weighted by atomic mass is 9.47. The molecular formula is C22H22F2N2O3. The summed E-state index contributed by atoms with van der Waals surface area (Å²) in [6, 6.07) is 6.57. The van der Waals surface area contributed by atoms with Crippen LogP contribution in [0.15, 0.2) is 34.7 Å². The fourth-order valence-electron chi connectivity index (χ4n) is 6.05. The van der Waals surface area contributed by atoms with Gasteiger partial charge in [0.25, 0.3) is 5.91 Å². The molecule has 152 valence electrons. The predicted octanol–water partition coefficient (Wildman–Crippen LogP) is 3.63. The molecule has 1 aromatic carbocycles. The van der Waals surface area contributed by atoms with Crippen LogP contribution in [-0.4, -0.2) is 17.9 Å². The summed E-state index contributed by atoms with van der Waals surface area (Å²) >= 11 is 0. The number of carbonyl (C=O) groups excluding carboxylic acids is 2. The monoisotopic (exact) mass is 400 g/mol. The highest BCUT2D eigenvalue weighted by Crippen LogP contribution is 2.59. The van der Waals surface area contributed by atoms with Gasteiger partial charge in [-0.05, 0) is 80.2 Å². The Kier molecular flexibility index (Phi) is 4.05. The number of hydrogen-bond donors (Lipinski definition) is 2. The summed E-state index contributed by atoms with van der Waals surface area (Å²) in [5, 5.41) is 3.10. The van der Waals surface area contributed by atoms with Crippen molar-refractivity contribution in [1.29, 1.82) is 0 Å². The lowest BCUT2D eigenvalue weighted by molar-refractivity contribution is -0.145. The zero-order valence-corrected chi connectivity index (χ0v) is 15.8. The SMILES string of the molecule is NC(=O)[C@]12CC3CC(C1)[C@@H](NC(=O)c1ccc(-c4ccc(F)c(F)c4)o1)C(C3)C2. The second kappa shape index (κ2) is 6.40. The van der Waals surface area contributed by atoms with Crippen molar-refractivity contribution < 1.29 is 22.8 Å². The molecule has 0 saturated heterocycles. The van der Waals surface area contributed by atoms with Crippen LogP contribution in [0.25, 0.3) is 11.3 Å². The van der Waals surface area contributed by atoms with E-state index in [2.05, 4.69) is 5.32 Å². The number of amides is 2. The van der Waals surface area contributed by atoms with E-state index >= 15 is 0 Å². The Hall–Kier alpha value is -2.70. The number of carbonyl (C=O) groups is 2. The maximum Gasteiger partial charge on any atom is 0.287 e. The van der Waals surface area contributed by atoms with Gasteiger partial charge in [-0.3, -0.25) is 9.59 Å². The summed E-state index contributed by atoms with van der Waals surface area (Å²) < 4.78 is 32.2. The van der Waals surface area contributed by atoms with Gasteiger partial charge in [-0.15, -0.1) is 0 Å². The van der Waals surface area contributed by atoms with Gasteiger partial charge < -0.3 is 15.5 Å². The summed E-state index contributed by atoms with van der Waals surface area (Å²) in [5.41, 5.74) is 5.68. The van der Waals surface area contributed by atoms with E-state index in [1.54, 1.807) is 6.07 Å². The molecule has 4 aliphatic carbocycles. The van der Waals surface area contributed by atoms with Gasteiger partial charge in [0, 0.05) is 17.0 Å². The third-order valence-electron chi connectivity index (χ3n) is 7.13. The third-order valence-corrected chi connectivity index (χ3v) is 7.13. The summed E-state index contributed by atoms with van der Waals surface area (Å²) in [6.45, 7) is 0. The fourth-order valence-corrected chi connectivity index (χ4v) is 6.05. The van der Waals surface area contributed by atoms with Gasteiger partial charge in [-0.1, -0.05) is 0 Å².